The summed E-state index contributed by atoms with van der Waals surface area (Å²) >= 11 is 0. The first-order valence-electron chi connectivity index (χ1n) is 12.8. The summed E-state index contributed by atoms with van der Waals surface area (Å²) in [6.07, 6.45) is 8.38. The highest BCUT2D eigenvalue weighted by atomic mass is 19.1. The largest absolute Gasteiger partial charge is 0.386 e. The van der Waals surface area contributed by atoms with E-state index in [4.69, 9.17) is 10.7 Å². The van der Waals surface area contributed by atoms with Crippen molar-refractivity contribution in [2.24, 2.45) is 25.7 Å². The standard InChI is InChI=1S/C28H38F2N8O/c1-7-18(5)36-24-10-17(4)23(13-19(24)8-2)37-27(33-15-25(31)35-16-32-6)38-28(39)34-14-21-12-22(29)11-20(9-3)26(21)30/h8,10-13,16,18H,7,9,14-15H2,1-6H3,(H2,31,32,35)(H3,33,34,37,38,39)/b19-8-,36-24?. The molecule has 0 aliphatic heterocycles. The van der Waals surface area contributed by atoms with Crippen LogP contribution in [0.1, 0.15) is 52.2 Å². The second-order valence-electron chi connectivity index (χ2n) is 8.88. The zero-order valence-electron chi connectivity index (χ0n) is 23.4. The van der Waals surface area contributed by atoms with E-state index in [0.717, 1.165) is 35.4 Å². The van der Waals surface area contributed by atoms with E-state index >= 15 is 0 Å². The molecule has 2 amide bonds. The fourth-order valence-corrected chi connectivity index (χ4v) is 3.51. The molecule has 0 bridgehead atoms. The molecule has 5 N–H and O–H groups in total. The highest BCUT2D eigenvalue weighted by molar-refractivity contribution is 6.13. The van der Waals surface area contributed by atoms with Gasteiger partial charge < -0.3 is 16.4 Å². The fourth-order valence-electron chi connectivity index (χ4n) is 3.51. The zero-order valence-corrected chi connectivity index (χ0v) is 23.4. The number of nitrogens with two attached hydrogens (primary N) is 1. The van der Waals surface area contributed by atoms with E-state index in [-0.39, 0.29) is 42.1 Å². The summed E-state index contributed by atoms with van der Waals surface area (Å²) in [5, 5.41) is 8.31. The van der Waals surface area contributed by atoms with Gasteiger partial charge in [0, 0.05) is 30.9 Å². The van der Waals surface area contributed by atoms with Gasteiger partial charge in [-0.1, -0.05) is 19.9 Å². The van der Waals surface area contributed by atoms with Crippen molar-refractivity contribution in [3.63, 3.8) is 0 Å². The highest BCUT2D eigenvalue weighted by Crippen LogP contribution is 2.20. The van der Waals surface area contributed by atoms with Gasteiger partial charge in [-0.25, -0.2) is 23.6 Å². The third-order valence-electron chi connectivity index (χ3n) is 5.87. The van der Waals surface area contributed by atoms with Gasteiger partial charge in [0.15, 0.2) is 0 Å². The number of hydrogen-bond acceptors (Lipinski definition) is 4. The summed E-state index contributed by atoms with van der Waals surface area (Å²) in [5.74, 6) is -0.847. The number of nitrogens with one attached hydrogen (secondary N) is 3. The summed E-state index contributed by atoms with van der Waals surface area (Å²) < 4.78 is 28.5. The van der Waals surface area contributed by atoms with Gasteiger partial charge >= 0.3 is 6.03 Å². The molecule has 0 radical (unpaired) electrons. The van der Waals surface area contributed by atoms with Crippen LogP contribution in [0.4, 0.5) is 13.6 Å². The Kier molecular flexibility index (Phi) is 12.2. The first-order valence-corrected chi connectivity index (χ1v) is 12.8. The number of urea groups is 1. The number of carbonyl (C=O) groups is 1. The number of carbonyl (C=O) groups excluding carboxylic acids is 1. The number of halogens is 2. The van der Waals surface area contributed by atoms with Crippen LogP contribution in [0, 0.1) is 11.6 Å². The Morgan fingerprint density at radius 3 is 2.54 bits per heavy atom. The lowest BCUT2D eigenvalue weighted by atomic mass is 9.97. The molecule has 1 aromatic rings. The van der Waals surface area contributed by atoms with Crippen LogP contribution in [0.5, 0.6) is 0 Å². The molecule has 210 valence electrons. The highest BCUT2D eigenvalue weighted by Gasteiger charge is 2.17. The predicted octanol–water partition coefficient (Wildman–Crippen LogP) is 4.32. The molecule has 9 nitrogen and oxygen atoms in total. The van der Waals surface area contributed by atoms with Crippen molar-refractivity contribution in [3.8, 4) is 0 Å². The van der Waals surface area contributed by atoms with Crippen molar-refractivity contribution >= 4 is 29.9 Å². The van der Waals surface area contributed by atoms with Gasteiger partial charge in [0.2, 0.25) is 5.96 Å². The average Bonchev–Trinajstić information content (AvgIpc) is 2.91. The number of nitrogens with zero attached hydrogens (tertiary/aromatic N) is 4. The van der Waals surface area contributed by atoms with Gasteiger partial charge in [-0.15, -0.1) is 0 Å². The minimum absolute atomic E-state index is 0.0275. The molecule has 0 spiro atoms. The zero-order chi connectivity index (χ0) is 28.9. The molecule has 2 rings (SSSR count). The Morgan fingerprint density at radius 1 is 1.18 bits per heavy atom. The molecular formula is C28H38F2N8O. The van der Waals surface area contributed by atoms with Gasteiger partial charge in [0.25, 0.3) is 0 Å². The molecule has 11 heteroatoms. The second-order valence-corrected chi connectivity index (χ2v) is 8.88. The van der Waals surface area contributed by atoms with Crippen LogP contribution in [-0.2, 0) is 13.0 Å². The monoisotopic (exact) mass is 540 g/mol. The molecule has 1 aromatic carbocycles. The van der Waals surface area contributed by atoms with Crippen molar-refractivity contribution in [1.82, 2.24) is 16.0 Å². The molecule has 1 aliphatic carbocycles. The number of amides is 2. The van der Waals surface area contributed by atoms with E-state index in [9.17, 15) is 13.6 Å². The van der Waals surface area contributed by atoms with Crippen LogP contribution in [0.2, 0.25) is 0 Å². The minimum Gasteiger partial charge on any atom is -0.386 e. The van der Waals surface area contributed by atoms with Crippen molar-refractivity contribution < 1.29 is 13.6 Å². The number of aliphatic imine (C=N–C) groups is 4. The summed E-state index contributed by atoms with van der Waals surface area (Å²) in [4.78, 5) is 29.6. The van der Waals surface area contributed by atoms with E-state index in [2.05, 4.69) is 44.8 Å². The Bertz CT molecular complexity index is 1260. The third kappa shape index (κ3) is 9.59. The molecule has 0 saturated carbocycles. The van der Waals surface area contributed by atoms with Crippen molar-refractivity contribution in [3.05, 3.63) is 70.0 Å². The summed E-state index contributed by atoms with van der Waals surface area (Å²) in [6.45, 7) is 9.46. The van der Waals surface area contributed by atoms with E-state index < -0.39 is 17.7 Å². The number of rotatable bonds is 9. The lowest BCUT2D eigenvalue weighted by Crippen LogP contribution is -2.46. The SMILES string of the molecule is C/C=C1/C=C(NC(=NCC(N)=NC=NC)NC(=O)NCc2cc(F)cc(CC)c2F)C(C)=CC1=NC(C)CC. The van der Waals surface area contributed by atoms with Crippen LogP contribution in [0.3, 0.4) is 0 Å². The lowest BCUT2D eigenvalue weighted by molar-refractivity contribution is 0.244. The molecule has 0 fully saturated rings. The van der Waals surface area contributed by atoms with Crippen molar-refractivity contribution in [2.75, 3.05) is 13.6 Å². The third-order valence-corrected chi connectivity index (χ3v) is 5.87. The van der Waals surface area contributed by atoms with Crippen LogP contribution in [-0.4, -0.2) is 49.5 Å². The molecule has 0 saturated heterocycles. The summed E-state index contributed by atoms with van der Waals surface area (Å²) in [6, 6.07) is 1.72. The molecule has 39 heavy (non-hydrogen) atoms. The van der Waals surface area contributed by atoms with Crippen LogP contribution < -0.4 is 21.7 Å². The maximum atomic E-state index is 14.6. The Hall–Kier alpha value is -4.15. The lowest BCUT2D eigenvalue weighted by Gasteiger charge is -2.20. The van der Waals surface area contributed by atoms with E-state index in [1.807, 2.05) is 32.1 Å². The topological polar surface area (TPSA) is 129 Å². The summed E-state index contributed by atoms with van der Waals surface area (Å²) in [5.41, 5.74) is 9.53. The maximum Gasteiger partial charge on any atom is 0.321 e. The average molecular weight is 541 g/mol. The smallest absolute Gasteiger partial charge is 0.321 e. The Labute approximate surface area is 228 Å². The van der Waals surface area contributed by atoms with Gasteiger partial charge in [-0.3, -0.25) is 15.3 Å². The van der Waals surface area contributed by atoms with E-state index in [1.165, 1.54) is 6.34 Å². The normalized spacial score (nSPS) is 17.3. The Balaban J connectivity index is 2.27. The van der Waals surface area contributed by atoms with Gasteiger partial charge in [0.05, 0.1) is 5.71 Å². The molecule has 1 aliphatic rings. The molecule has 0 heterocycles. The Morgan fingerprint density at radius 2 is 1.90 bits per heavy atom. The number of benzene rings is 1. The van der Waals surface area contributed by atoms with Gasteiger partial charge in [-0.2, -0.15) is 0 Å². The van der Waals surface area contributed by atoms with Crippen molar-refractivity contribution in [2.45, 2.75) is 60.0 Å². The van der Waals surface area contributed by atoms with Gasteiger partial charge in [-0.05, 0) is 74.6 Å². The molecular weight excluding hydrogens is 502 g/mol. The first-order chi connectivity index (χ1) is 18.6. The number of aryl methyl sites for hydroxylation is 1. The fraction of sp³-hybridized carbons (Fsp3) is 0.393. The van der Waals surface area contributed by atoms with Crippen LogP contribution >= 0.6 is 0 Å². The van der Waals surface area contributed by atoms with E-state index in [0.29, 0.717) is 12.1 Å². The molecule has 1 atom stereocenters. The minimum atomic E-state index is -0.670. The quantitative estimate of drug-likeness (QED) is 0.275. The van der Waals surface area contributed by atoms with Gasteiger partial charge in [0.1, 0.15) is 30.4 Å². The maximum absolute atomic E-state index is 14.6. The van der Waals surface area contributed by atoms with E-state index in [1.54, 1.807) is 14.0 Å². The number of amidine groups is 1. The summed E-state index contributed by atoms with van der Waals surface area (Å²) in [7, 11) is 1.56. The van der Waals surface area contributed by atoms with Crippen molar-refractivity contribution in [1.29, 1.82) is 0 Å². The predicted molar refractivity (Wildman–Crippen MR) is 155 cm³/mol. The van der Waals surface area contributed by atoms with Crippen LogP contribution in [0.25, 0.3) is 0 Å². The number of guanidine groups is 1. The number of hydrogen-bond donors (Lipinski definition) is 4. The number of allylic oxidation sites excluding steroid dienone is 5. The second kappa shape index (κ2) is 15.3. The van der Waals surface area contributed by atoms with Crippen LogP contribution in [0.15, 0.2) is 67.2 Å². The molecule has 0 aromatic heterocycles. The molecule has 1 unspecified atom stereocenters. The first kappa shape index (κ1) is 31.1.